The molecule has 1 aromatic heterocycles. The van der Waals surface area contributed by atoms with Gasteiger partial charge in [-0.05, 0) is 31.0 Å². The number of rotatable bonds is 6. The van der Waals surface area contributed by atoms with Gasteiger partial charge in [-0.25, -0.2) is 4.98 Å². The second-order valence-electron chi connectivity index (χ2n) is 6.59. The number of carbonyl (C=O) groups is 1. The first-order valence-electron chi connectivity index (χ1n) is 9.20. The van der Waals surface area contributed by atoms with Gasteiger partial charge < -0.3 is 9.64 Å². The Morgan fingerprint density at radius 1 is 1.26 bits per heavy atom. The molecule has 0 saturated carbocycles. The molecule has 1 saturated heterocycles. The van der Waals surface area contributed by atoms with Crippen molar-refractivity contribution in [3.63, 3.8) is 0 Å². The molecule has 1 amide bonds. The molecule has 1 aromatic carbocycles. The molecular weight excluding hydrogens is 430 g/mol. The van der Waals surface area contributed by atoms with E-state index in [4.69, 9.17) is 4.74 Å². The van der Waals surface area contributed by atoms with Gasteiger partial charge in [0.25, 0.3) is 5.56 Å². The standard InChI is InChI=1S/C19H24BrN3O3S/c1-26-11-10-23-18(25)15-12-14(20)6-7-16(15)21-19(23)27-13-17(24)22-8-4-2-3-5-9-22/h6-7,12H,2-5,8-11,13H2,1H3. The van der Waals surface area contributed by atoms with Gasteiger partial charge in [0.05, 0.1) is 29.8 Å². The van der Waals surface area contributed by atoms with Crippen molar-refractivity contribution >= 4 is 44.5 Å². The molecule has 1 fully saturated rings. The van der Waals surface area contributed by atoms with E-state index in [1.807, 2.05) is 17.0 Å². The van der Waals surface area contributed by atoms with Crippen LogP contribution in [0.5, 0.6) is 0 Å². The van der Waals surface area contributed by atoms with Gasteiger partial charge in [0, 0.05) is 24.7 Å². The summed E-state index contributed by atoms with van der Waals surface area (Å²) in [6, 6.07) is 5.47. The van der Waals surface area contributed by atoms with E-state index < -0.39 is 0 Å². The quantitative estimate of drug-likeness (QED) is 0.495. The molecule has 146 valence electrons. The topological polar surface area (TPSA) is 64.4 Å². The van der Waals surface area contributed by atoms with Crippen LogP contribution < -0.4 is 5.56 Å². The predicted molar refractivity (Wildman–Crippen MR) is 111 cm³/mol. The van der Waals surface area contributed by atoms with E-state index in [0.29, 0.717) is 35.0 Å². The number of benzene rings is 1. The minimum Gasteiger partial charge on any atom is -0.383 e. The minimum absolute atomic E-state index is 0.108. The van der Waals surface area contributed by atoms with Crippen LogP contribution in [0.2, 0.25) is 0 Å². The van der Waals surface area contributed by atoms with Crippen LogP contribution in [0.1, 0.15) is 25.7 Å². The Labute approximate surface area is 171 Å². The molecule has 1 aliphatic rings. The van der Waals surface area contributed by atoms with E-state index in [1.54, 1.807) is 17.7 Å². The number of fused-ring (bicyclic) bond motifs is 1. The smallest absolute Gasteiger partial charge is 0.262 e. The maximum atomic E-state index is 12.9. The highest BCUT2D eigenvalue weighted by Gasteiger charge is 2.18. The fraction of sp³-hybridized carbons (Fsp3) is 0.526. The molecule has 0 aliphatic carbocycles. The second kappa shape index (κ2) is 9.71. The molecule has 6 nitrogen and oxygen atoms in total. The lowest BCUT2D eigenvalue weighted by atomic mass is 10.2. The summed E-state index contributed by atoms with van der Waals surface area (Å²) in [7, 11) is 1.60. The van der Waals surface area contributed by atoms with Gasteiger partial charge in [0.1, 0.15) is 0 Å². The molecule has 3 rings (SSSR count). The summed E-state index contributed by atoms with van der Waals surface area (Å²) in [4.78, 5) is 32.1. The normalized spacial score (nSPS) is 15.1. The van der Waals surface area contributed by atoms with Gasteiger partial charge in [-0.1, -0.05) is 40.5 Å². The van der Waals surface area contributed by atoms with E-state index in [-0.39, 0.29) is 11.5 Å². The zero-order chi connectivity index (χ0) is 19.2. The zero-order valence-electron chi connectivity index (χ0n) is 15.4. The van der Waals surface area contributed by atoms with Crippen molar-refractivity contribution in [1.29, 1.82) is 0 Å². The number of halogens is 1. The van der Waals surface area contributed by atoms with Crippen LogP contribution in [0.4, 0.5) is 0 Å². The van der Waals surface area contributed by atoms with E-state index in [9.17, 15) is 9.59 Å². The molecule has 8 heteroatoms. The first kappa shape index (κ1) is 20.4. The highest BCUT2D eigenvalue weighted by Crippen LogP contribution is 2.21. The molecule has 2 heterocycles. The maximum absolute atomic E-state index is 12.9. The fourth-order valence-electron chi connectivity index (χ4n) is 3.20. The van der Waals surface area contributed by atoms with Crippen molar-refractivity contribution in [2.75, 3.05) is 32.6 Å². The van der Waals surface area contributed by atoms with Crippen LogP contribution in [0.25, 0.3) is 10.9 Å². The van der Waals surface area contributed by atoms with E-state index in [0.717, 1.165) is 30.4 Å². The molecule has 2 aromatic rings. The van der Waals surface area contributed by atoms with E-state index in [2.05, 4.69) is 20.9 Å². The summed E-state index contributed by atoms with van der Waals surface area (Å²) in [5.74, 6) is 0.409. The summed E-state index contributed by atoms with van der Waals surface area (Å²) in [5.41, 5.74) is 0.532. The highest BCUT2D eigenvalue weighted by atomic mass is 79.9. The number of hydrogen-bond donors (Lipinski definition) is 0. The lowest BCUT2D eigenvalue weighted by Gasteiger charge is -2.20. The van der Waals surface area contributed by atoms with Crippen LogP contribution in [0.3, 0.4) is 0 Å². The van der Waals surface area contributed by atoms with Crippen molar-refractivity contribution in [3.05, 3.63) is 33.0 Å². The largest absolute Gasteiger partial charge is 0.383 e. The van der Waals surface area contributed by atoms with E-state index in [1.165, 1.54) is 24.6 Å². The van der Waals surface area contributed by atoms with Gasteiger partial charge in [-0.3, -0.25) is 14.2 Å². The molecule has 0 atom stereocenters. The zero-order valence-corrected chi connectivity index (χ0v) is 17.9. The van der Waals surface area contributed by atoms with Crippen molar-refractivity contribution in [2.24, 2.45) is 0 Å². The number of nitrogens with zero attached hydrogens (tertiary/aromatic N) is 3. The number of ether oxygens (including phenoxy) is 1. The SMILES string of the molecule is COCCn1c(SCC(=O)N2CCCCCC2)nc2ccc(Br)cc2c1=O. The molecule has 0 radical (unpaired) electrons. The Morgan fingerprint density at radius 2 is 2.00 bits per heavy atom. The summed E-state index contributed by atoms with van der Waals surface area (Å²) >= 11 is 4.74. The van der Waals surface area contributed by atoms with Crippen LogP contribution in [0, 0.1) is 0 Å². The maximum Gasteiger partial charge on any atom is 0.262 e. The Balaban J connectivity index is 1.84. The third-order valence-corrected chi connectivity index (χ3v) is 6.14. The average molecular weight is 454 g/mol. The van der Waals surface area contributed by atoms with Gasteiger partial charge >= 0.3 is 0 Å². The summed E-state index contributed by atoms with van der Waals surface area (Å²) in [6.07, 6.45) is 4.51. The number of methoxy groups -OCH3 is 1. The lowest BCUT2D eigenvalue weighted by molar-refractivity contribution is -0.128. The molecule has 1 aliphatic heterocycles. The molecule has 0 N–H and O–H groups in total. The summed E-state index contributed by atoms with van der Waals surface area (Å²) < 4.78 is 7.59. The Hall–Kier alpha value is -1.38. The predicted octanol–water partition coefficient (Wildman–Crippen LogP) is 3.30. The van der Waals surface area contributed by atoms with Gasteiger partial charge in [0.2, 0.25) is 5.91 Å². The van der Waals surface area contributed by atoms with Gasteiger partial charge in [0.15, 0.2) is 5.16 Å². The van der Waals surface area contributed by atoms with Crippen LogP contribution in [-0.4, -0.2) is 52.9 Å². The van der Waals surface area contributed by atoms with Gasteiger partial charge in [-0.2, -0.15) is 0 Å². The fourth-order valence-corrected chi connectivity index (χ4v) is 4.49. The molecular formula is C19H24BrN3O3S. The Morgan fingerprint density at radius 3 is 2.70 bits per heavy atom. The monoisotopic (exact) mass is 453 g/mol. The average Bonchev–Trinajstić information content (AvgIpc) is 2.95. The third-order valence-electron chi connectivity index (χ3n) is 4.68. The minimum atomic E-state index is -0.108. The number of hydrogen-bond acceptors (Lipinski definition) is 5. The van der Waals surface area contributed by atoms with Crippen molar-refractivity contribution in [3.8, 4) is 0 Å². The Bertz CT molecular complexity index is 863. The van der Waals surface area contributed by atoms with E-state index >= 15 is 0 Å². The number of carbonyl (C=O) groups excluding carboxylic acids is 1. The molecule has 0 bridgehead atoms. The first-order chi connectivity index (χ1) is 13.1. The van der Waals surface area contributed by atoms with Crippen LogP contribution in [0.15, 0.2) is 32.6 Å². The number of thioether (sulfide) groups is 1. The van der Waals surface area contributed by atoms with Crippen molar-refractivity contribution < 1.29 is 9.53 Å². The second-order valence-corrected chi connectivity index (χ2v) is 8.45. The van der Waals surface area contributed by atoms with Crippen molar-refractivity contribution in [1.82, 2.24) is 14.5 Å². The third kappa shape index (κ3) is 5.12. The molecule has 0 spiro atoms. The number of aromatic nitrogens is 2. The first-order valence-corrected chi connectivity index (χ1v) is 11.0. The summed E-state index contributed by atoms with van der Waals surface area (Å²) in [6.45, 7) is 2.48. The van der Waals surface area contributed by atoms with Crippen molar-refractivity contribution in [2.45, 2.75) is 37.4 Å². The Kier molecular flexibility index (Phi) is 7.32. The van der Waals surface area contributed by atoms with Crippen LogP contribution >= 0.6 is 27.7 Å². The molecule has 27 heavy (non-hydrogen) atoms. The molecule has 0 unspecified atom stereocenters. The van der Waals surface area contributed by atoms with Crippen LogP contribution in [-0.2, 0) is 16.1 Å². The summed E-state index contributed by atoms with van der Waals surface area (Å²) in [5, 5.41) is 1.12. The lowest BCUT2D eigenvalue weighted by Crippen LogP contribution is -2.33. The van der Waals surface area contributed by atoms with Gasteiger partial charge in [-0.15, -0.1) is 0 Å². The number of amides is 1. The number of likely N-dealkylation sites (tertiary alicyclic amines) is 1. The highest BCUT2D eigenvalue weighted by molar-refractivity contribution is 9.10.